The lowest BCUT2D eigenvalue weighted by atomic mass is 10.1. The average Bonchev–Trinajstić information content (AvgIpc) is 3.28. The van der Waals surface area contributed by atoms with E-state index in [1.807, 2.05) is 48.8 Å². The number of H-pyrrole nitrogens is 1. The number of carbonyl (C=O) groups excluding carboxylic acids is 1. The molecule has 3 heterocycles. The van der Waals surface area contributed by atoms with E-state index in [1.165, 1.54) is 0 Å². The first-order chi connectivity index (χ1) is 12.8. The Balaban J connectivity index is 1.29. The number of aromatic amines is 1. The van der Waals surface area contributed by atoms with Gasteiger partial charge in [-0.05, 0) is 42.3 Å². The van der Waals surface area contributed by atoms with E-state index >= 15 is 0 Å². The van der Waals surface area contributed by atoms with Crippen LogP contribution in [0.3, 0.4) is 0 Å². The molecule has 0 aliphatic heterocycles. The van der Waals surface area contributed by atoms with Gasteiger partial charge < -0.3 is 14.9 Å². The maximum absolute atomic E-state index is 12.0. The van der Waals surface area contributed by atoms with Crippen molar-refractivity contribution in [3.63, 3.8) is 0 Å². The zero-order chi connectivity index (χ0) is 17.8. The number of pyridine rings is 1. The van der Waals surface area contributed by atoms with Crippen LogP contribution >= 0.6 is 0 Å². The van der Waals surface area contributed by atoms with Gasteiger partial charge in [-0.2, -0.15) is 0 Å². The third-order valence-electron chi connectivity index (χ3n) is 4.43. The molecule has 0 aliphatic carbocycles. The molecule has 130 valence electrons. The van der Waals surface area contributed by atoms with Gasteiger partial charge in [0.15, 0.2) is 0 Å². The number of carbonyl (C=O) groups is 1. The van der Waals surface area contributed by atoms with E-state index in [0.29, 0.717) is 6.54 Å². The Labute approximate surface area is 151 Å². The number of nitrogens with one attached hydrogen (secondary N) is 2. The minimum Gasteiger partial charge on any atom is -0.361 e. The van der Waals surface area contributed by atoms with Gasteiger partial charge >= 0.3 is 0 Å². The second-order valence-electron chi connectivity index (χ2n) is 6.19. The fourth-order valence-electron chi connectivity index (χ4n) is 3.12. The first-order valence-electron chi connectivity index (χ1n) is 8.73. The predicted octanol–water partition coefficient (Wildman–Crippen LogP) is 3.74. The maximum Gasteiger partial charge on any atom is 0.244 e. The highest BCUT2D eigenvalue weighted by Crippen LogP contribution is 2.18. The van der Waals surface area contributed by atoms with Crippen LogP contribution in [0.25, 0.3) is 28.0 Å². The molecular weight excluding hydrogens is 324 g/mol. The first-order valence-corrected chi connectivity index (χ1v) is 8.73. The van der Waals surface area contributed by atoms with Crippen LogP contribution in [0, 0.1) is 0 Å². The molecule has 0 spiro atoms. The van der Waals surface area contributed by atoms with Crippen molar-refractivity contribution in [3.8, 4) is 0 Å². The van der Waals surface area contributed by atoms with Crippen LogP contribution in [0.5, 0.6) is 0 Å². The molecule has 0 atom stereocenters. The third kappa shape index (κ3) is 3.37. The van der Waals surface area contributed by atoms with Gasteiger partial charge in [0.2, 0.25) is 5.91 Å². The molecule has 4 rings (SSSR count). The molecular formula is C21H20N4O. The number of nitrogens with zero attached hydrogens (tertiary/aromatic N) is 2. The summed E-state index contributed by atoms with van der Waals surface area (Å²) in [6.07, 6.45) is 10.0. The van der Waals surface area contributed by atoms with Gasteiger partial charge in [-0.1, -0.05) is 18.2 Å². The van der Waals surface area contributed by atoms with Crippen LogP contribution < -0.4 is 5.32 Å². The lowest BCUT2D eigenvalue weighted by Crippen LogP contribution is -2.23. The average molecular weight is 344 g/mol. The van der Waals surface area contributed by atoms with Gasteiger partial charge in [0, 0.05) is 54.0 Å². The quantitative estimate of drug-likeness (QED) is 0.413. The van der Waals surface area contributed by atoms with Crippen LogP contribution in [-0.2, 0) is 11.3 Å². The van der Waals surface area contributed by atoms with E-state index < -0.39 is 0 Å². The minimum absolute atomic E-state index is 0.0780. The summed E-state index contributed by atoms with van der Waals surface area (Å²) < 4.78 is 2.11. The summed E-state index contributed by atoms with van der Waals surface area (Å²) in [6.45, 7) is 1.45. The van der Waals surface area contributed by atoms with Gasteiger partial charge in [0.05, 0.1) is 0 Å². The van der Waals surface area contributed by atoms with E-state index in [0.717, 1.165) is 40.5 Å². The standard InChI is InChI=1S/C21H20N4O/c26-20(9-8-17-15-24-19-7-2-1-6-18(17)19)22-12-4-13-25-14-10-16-5-3-11-23-21(16)25/h1-3,5-11,14-15,24H,4,12-13H2,(H,22,26)/b9-8+. The van der Waals surface area contributed by atoms with Crippen molar-refractivity contribution >= 4 is 33.9 Å². The van der Waals surface area contributed by atoms with Crippen LogP contribution in [-0.4, -0.2) is 27.0 Å². The molecule has 0 aliphatic rings. The number of fused-ring (bicyclic) bond motifs is 2. The molecule has 2 N–H and O–H groups in total. The van der Waals surface area contributed by atoms with Crippen molar-refractivity contribution in [2.45, 2.75) is 13.0 Å². The lowest BCUT2D eigenvalue weighted by molar-refractivity contribution is -0.116. The Kier molecular flexibility index (Phi) is 4.51. The van der Waals surface area contributed by atoms with Gasteiger partial charge in [0.25, 0.3) is 0 Å². The summed E-state index contributed by atoms with van der Waals surface area (Å²) in [4.78, 5) is 19.6. The first kappa shape index (κ1) is 16.1. The number of para-hydroxylation sites is 1. The van der Waals surface area contributed by atoms with Crippen molar-refractivity contribution in [2.24, 2.45) is 0 Å². The highest BCUT2D eigenvalue weighted by atomic mass is 16.1. The summed E-state index contributed by atoms with van der Waals surface area (Å²) in [7, 11) is 0. The summed E-state index contributed by atoms with van der Waals surface area (Å²) >= 11 is 0. The molecule has 0 bridgehead atoms. The SMILES string of the molecule is O=C(/C=C/c1c[nH]c2ccccc12)NCCCn1ccc2cccnc21. The van der Waals surface area contributed by atoms with E-state index in [1.54, 1.807) is 12.3 Å². The van der Waals surface area contributed by atoms with E-state index in [2.05, 4.69) is 32.0 Å². The van der Waals surface area contributed by atoms with E-state index in [9.17, 15) is 4.79 Å². The molecule has 1 aromatic carbocycles. The number of hydrogen-bond acceptors (Lipinski definition) is 2. The Morgan fingerprint density at radius 3 is 3.08 bits per heavy atom. The van der Waals surface area contributed by atoms with Gasteiger partial charge in [-0.25, -0.2) is 4.98 Å². The molecule has 26 heavy (non-hydrogen) atoms. The lowest BCUT2D eigenvalue weighted by Gasteiger charge is -2.05. The van der Waals surface area contributed by atoms with Crippen LogP contribution in [0.2, 0.25) is 0 Å². The van der Waals surface area contributed by atoms with E-state index in [-0.39, 0.29) is 5.91 Å². The maximum atomic E-state index is 12.0. The number of aromatic nitrogens is 3. The normalized spacial score (nSPS) is 11.5. The fourth-order valence-corrected chi connectivity index (χ4v) is 3.12. The molecule has 5 heteroatoms. The zero-order valence-corrected chi connectivity index (χ0v) is 14.4. The highest BCUT2D eigenvalue weighted by molar-refractivity contribution is 5.96. The van der Waals surface area contributed by atoms with Gasteiger partial charge in [-0.15, -0.1) is 0 Å². The van der Waals surface area contributed by atoms with Gasteiger partial charge in [-0.3, -0.25) is 4.79 Å². The van der Waals surface area contributed by atoms with Crippen LogP contribution in [0.4, 0.5) is 0 Å². The third-order valence-corrected chi connectivity index (χ3v) is 4.43. The number of benzene rings is 1. The summed E-state index contributed by atoms with van der Waals surface area (Å²) in [5, 5.41) is 5.19. The highest BCUT2D eigenvalue weighted by Gasteiger charge is 2.02. The predicted molar refractivity (Wildman–Crippen MR) is 105 cm³/mol. The minimum atomic E-state index is -0.0780. The number of aryl methyl sites for hydroxylation is 1. The van der Waals surface area contributed by atoms with Crippen LogP contribution in [0.15, 0.2) is 67.1 Å². The van der Waals surface area contributed by atoms with Crippen LogP contribution in [0.1, 0.15) is 12.0 Å². The zero-order valence-electron chi connectivity index (χ0n) is 14.4. The Hall–Kier alpha value is -3.34. The van der Waals surface area contributed by atoms with Crippen molar-refractivity contribution in [1.82, 2.24) is 19.9 Å². The molecule has 0 radical (unpaired) electrons. The second kappa shape index (κ2) is 7.27. The number of hydrogen-bond donors (Lipinski definition) is 2. The Morgan fingerprint density at radius 2 is 2.12 bits per heavy atom. The molecule has 1 amide bonds. The summed E-state index contributed by atoms with van der Waals surface area (Å²) in [5.41, 5.74) is 3.07. The van der Waals surface area contributed by atoms with Crippen molar-refractivity contribution in [2.75, 3.05) is 6.54 Å². The fraction of sp³-hybridized carbons (Fsp3) is 0.143. The molecule has 4 aromatic rings. The second-order valence-corrected chi connectivity index (χ2v) is 6.19. The molecule has 0 fully saturated rings. The largest absolute Gasteiger partial charge is 0.361 e. The number of amides is 1. The summed E-state index contributed by atoms with van der Waals surface area (Å²) in [5.74, 6) is -0.0780. The van der Waals surface area contributed by atoms with Crippen molar-refractivity contribution in [3.05, 3.63) is 72.7 Å². The Bertz CT molecular complexity index is 1070. The molecule has 5 nitrogen and oxygen atoms in total. The topological polar surface area (TPSA) is 62.7 Å². The van der Waals surface area contributed by atoms with Gasteiger partial charge in [0.1, 0.15) is 5.65 Å². The monoisotopic (exact) mass is 344 g/mol. The summed E-state index contributed by atoms with van der Waals surface area (Å²) in [6, 6.07) is 14.1. The molecule has 0 saturated carbocycles. The molecule has 3 aromatic heterocycles. The molecule has 0 saturated heterocycles. The number of rotatable bonds is 6. The van der Waals surface area contributed by atoms with Crippen molar-refractivity contribution < 1.29 is 4.79 Å². The smallest absolute Gasteiger partial charge is 0.244 e. The van der Waals surface area contributed by atoms with E-state index in [4.69, 9.17) is 0 Å². The van der Waals surface area contributed by atoms with Crippen molar-refractivity contribution in [1.29, 1.82) is 0 Å². The molecule has 0 unspecified atom stereocenters. The Morgan fingerprint density at radius 1 is 1.19 bits per heavy atom.